The van der Waals surface area contributed by atoms with Gasteiger partial charge in [0.05, 0.1) is 6.04 Å². The van der Waals surface area contributed by atoms with Crippen molar-refractivity contribution >= 4 is 11.8 Å². The Morgan fingerprint density at radius 2 is 2.29 bits per heavy atom. The first-order valence-electron chi connectivity index (χ1n) is 8.02. The molecule has 2 amide bonds. The van der Waals surface area contributed by atoms with Crippen molar-refractivity contribution in [1.82, 2.24) is 10.2 Å². The molecule has 1 heterocycles. The molecule has 0 saturated carbocycles. The van der Waals surface area contributed by atoms with Gasteiger partial charge >= 0.3 is 0 Å². The lowest BCUT2D eigenvalue weighted by Gasteiger charge is -2.38. The number of rotatable bonds is 7. The third-order valence-corrected chi connectivity index (χ3v) is 3.90. The van der Waals surface area contributed by atoms with Crippen LogP contribution in [0.2, 0.25) is 0 Å². The van der Waals surface area contributed by atoms with Gasteiger partial charge < -0.3 is 19.7 Å². The molecule has 6 nitrogen and oxygen atoms in total. The molecule has 1 saturated heterocycles. The van der Waals surface area contributed by atoms with E-state index in [4.69, 9.17) is 9.47 Å². The Kier molecular flexibility index (Phi) is 6.69. The van der Waals surface area contributed by atoms with Crippen molar-refractivity contribution in [3.05, 3.63) is 35.6 Å². The molecule has 24 heavy (non-hydrogen) atoms. The predicted molar refractivity (Wildman–Crippen MR) is 85.8 cm³/mol. The Morgan fingerprint density at radius 3 is 3.00 bits per heavy atom. The lowest BCUT2D eigenvalue weighted by molar-refractivity contribution is -0.162. The minimum Gasteiger partial charge on any atom is -0.382 e. The Morgan fingerprint density at radius 1 is 1.50 bits per heavy atom. The molecule has 0 aliphatic carbocycles. The molecule has 1 fully saturated rings. The summed E-state index contributed by atoms with van der Waals surface area (Å²) < 4.78 is 24.2. The minimum atomic E-state index is -0.874. The van der Waals surface area contributed by atoms with Gasteiger partial charge in [-0.3, -0.25) is 9.59 Å². The van der Waals surface area contributed by atoms with Gasteiger partial charge in [0.25, 0.3) is 5.91 Å². The van der Waals surface area contributed by atoms with Crippen molar-refractivity contribution in [1.29, 1.82) is 0 Å². The van der Waals surface area contributed by atoms with Crippen molar-refractivity contribution in [2.24, 2.45) is 0 Å². The van der Waals surface area contributed by atoms with Gasteiger partial charge in [-0.15, -0.1) is 0 Å². The van der Waals surface area contributed by atoms with Gasteiger partial charge in [0.15, 0.2) is 6.10 Å². The summed E-state index contributed by atoms with van der Waals surface area (Å²) in [5.74, 6) is -0.987. The molecule has 2 atom stereocenters. The van der Waals surface area contributed by atoms with E-state index in [1.54, 1.807) is 19.2 Å². The highest BCUT2D eigenvalue weighted by Crippen LogP contribution is 2.29. The summed E-state index contributed by atoms with van der Waals surface area (Å²) >= 11 is 0. The summed E-state index contributed by atoms with van der Waals surface area (Å²) in [4.78, 5) is 25.8. The van der Waals surface area contributed by atoms with E-state index in [-0.39, 0.29) is 18.4 Å². The summed E-state index contributed by atoms with van der Waals surface area (Å²) in [5, 5.41) is 2.79. The number of benzene rings is 1. The molecule has 0 bridgehead atoms. The Bertz CT molecular complexity index is 581. The topological polar surface area (TPSA) is 67.9 Å². The average Bonchev–Trinajstić information content (AvgIpc) is 2.56. The number of halogens is 1. The number of carbonyl (C=O) groups excluding carboxylic acids is 2. The number of nitrogens with one attached hydrogen (secondary N) is 1. The number of nitrogens with zero attached hydrogens (tertiary/aromatic N) is 1. The van der Waals surface area contributed by atoms with E-state index in [1.165, 1.54) is 17.0 Å². The smallest absolute Gasteiger partial charge is 0.251 e. The number of likely N-dealkylation sites (N-methyl/N-ethyl adjacent to an activating group) is 1. The molecular formula is C17H23FN2O4. The molecule has 1 N–H and O–H groups in total. The van der Waals surface area contributed by atoms with Gasteiger partial charge in [0.2, 0.25) is 5.91 Å². The van der Waals surface area contributed by atoms with E-state index in [0.29, 0.717) is 31.7 Å². The van der Waals surface area contributed by atoms with E-state index in [2.05, 4.69) is 5.32 Å². The fraction of sp³-hybridized carbons (Fsp3) is 0.529. The van der Waals surface area contributed by atoms with Crippen LogP contribution in [-0.4, -0.2) is 56.2 Å². The van der Waals surface area contributed by atoms with E-state index in [0.717, 1.165) is 0 Å². The van der Waals surface area contributed by atoms with Gasteiger partial charge in [-0.1, -0.05) is 12.1 Å². The highest BCUT2D eigenvalue weighted by Gasteiger charge is 2.39. The second-order valence-electron chi connectivity index (χ2n) is 5.58. The summed E-state index contributed by atoms with van der Waals surface area (Å²) in [5.41, 5.74) is 0.528. The second kappa shape index (κ2) is 8.75. The van der Waals surface area contributed by atoms with Crippen LogP contribution in [0.25, 0.3) is 0 Å². The average molecular weight is 338 g/mol. The van der Waals surface area contributed by atoms with Crippen LogP contribution >= 0.6 is 0 Å². The molecule has 0 radical (unpaired) electrons. The maximum Gasteiger partial charge on any atom is 0.251 e. The summed E-state index contributed by atoms with van der Waals surface area (Å²) in [6, 6.07) is 5.21. The van der Waals surface area contributed by atoms with E-state index in [1.807, 2.05) is 6.92 Å². The van der Waals surface area contributed by atoms with Crippen LogP contribution in [0.4, 0.5) is 4.39 Å². The molecule has 1 aliphatic rings. The van der Waals surface area contributed by atoms with Crippen LogP contribution in [0.1, 0.15) is 24.9 Å². The third kappa shape index (κ3) is 4.52. The maximum absolute atomic E-state index is 13.5. The molecule has 132 valence electrons. The third-order valence-electron chi connectivity index (χ3n) is 3.90. The Labute approximate surface area is 140 Å². The molecule has 0 spiro atoms. The van der Waals surface area contributed by atoms with Crippen molar-refractivity contribution in [3.63, 3.8) is 0 Å². The normalized spacial score (nSPS) is 21.0. The number of amides is 2. The van der Waals surface area contributed by atoms with Gasteiger partial charge in [0.1, 0.15) is 12.4 Å². The summed E-state index contributed by atoms with van der Waals surface area (Å²) in [6.45, 7) is 3.39. The monoisotopic (exact) mass is 338 g/mol. The quantitative estimate of drug-likeness (QED) is 0.760. The fourth-order valence-corrected chi connectivity index (χ4v) is 2.65. The maximum atomic E-state index is 13.5. The Balaban J connectivity index is 2.07. The molecule has 7 heteroatoms. The number of carbonyl (C=O) groups is 2. The first-order valence-corrected chi connectivity index (χ1v) is 8.02. The standard InChI is InChI=1S/C17H23FN2O4/c1-3-23-9-5-8-19-17(22)16-15(20(2)14(21)11-24-16)12-6-4-7-13(18)10-12/h4,6-7,10,15-16H,3,5,8-9,11H2,1-2H3,(H,19,22). The van der Waals surface area contributed by atoms with Crippen LogP contribution in [0.3, 0.4) is 0 Å². The Hall–Kier alpha value is -1.99. The SMILES string of the molecule is CCOCCCNC(=O)C1OCC(=O)N(C)C1c1cccc(F)c1. The lowest BCUT2D eigenvalue weighted by Crippen LogP contribution is -2.53. The highest BCUT2D eigenvalue weighted by molar-refractivity contribution is 5.86. The van der Waals surface area contributed by atoms with Crippen LogP contribution in [0.5, 0.6) is 0 Å². The summed E-state index contributed by atoms with van der Waals surface area (Å²) in [6.07, 6.45) is -0.187. The van der Waals surface area contributed by atoms with Crippen LogP contribution in [0.15, 0.2) is 24.3 Å². The molecule has 2 unspecified atom stereocenters. The van der Waals surface area contributed by atoms with Gasteiger partial charge in [-0.05, 0) is 31.0 Å². The number of morpholine rings is 1. The van der Waals surface area contributed by atoms with Gasteiger partial charge in [-0.2, -0.15) is 0 Å². The van der Waals surface area contributed by atoms with E-state index in [9.17, 15) is 14.0 Å². The first-order chi connectivity index (χ1) is 11.5. The zero-order valence-corrected chi connectivity index (χ0v) is 14.0. The van der Waals surface area contributed by atoms with E-state index < -0.39 is 18.0 Å². The second-order valence-corrected chi connectivity index (χ2v) is 5.58. The van der Waals surface area contributed by atoms with Crippen LogP contribution < -0.4 is 5.32 Å². The zero-order valence-electron chi connectivity index (χ0n) is 14.0. The highest BCUT2D eigenvalue weighted by atomic mass is 19.1. The first kappa shape index (κ1) is 18.4. The van der Waals surface area contributed by atoms with Crippen molar-refractivity contribution < 1.29 is 23.5 Å². The van der Waals surface area contributed by atoms with E-state index >= 15 is 0 Å². The summed E-state index contributed by atoms with van der Waals surface area (Å²) in [7, 11) is 1.59. The molecule has 1 aromatic carbocycles. The lowest BCUT2D eigenvalue weighted by atomic mass is 9.97. The predicted octanol–water partition coefficient (Wildman–Crippen LogP) is 1.27. The minimum absolute atomic E-state index is 0.167. The molecular weight excluding hydrogens is 315 g/mol. The molecule has 1 aliphatic heterocycles. The van der Waals surface area contributed by atoms with Crippen molar-refractivity contribution in [2.45, 2.75) is 25.5 Å². The van der Waals surface area contributed by atoms with Gasteiger partial charge in [-0.25, -0.2) is 4.39 Å². The molecule has 1 aromatic rings. The van der Waals surface area contributed by atoms with Crippen molar-refractivity contribution in [3.8, 4) is 0 Å². The fourth-order valence-electron chi connectivity index (χ4n) is 2.65. The van der Waals surface area contributed by atoms with Gasteiger partial charge in [0, 0.05) is 26.8 Å². The number of hydrogen-bond acceptors (Lipinski definition) is 4. The molecule has 2 rings (SSSR count). The molecule has 0 aromatic heterocycles. The number of hydrogen-bond donors (Lipinski definition) is 1. The largest absolute Gasteiger partial charge is 0.382 e. The van der Waals surface area contributed by atoms with Crippen LogP contribution in [-0.2, 0) is 19.1 Å². The number of ether oxygens (including phenoxy) is 2. The van der Waals surface area contributed by atoms with Crippen LogP contribution in [0, 0.1) is 5.82 Å². The van der Waals surface area contributed by atoms with Crippen molar-refractivity contribution in [2.75, 3.05) is 33.4 Å². The zero-order chi connectivity index (χ0) is 17.5.